The molecule has 5 aliphatic rings. The van der Waals surface area contributed by atoms with Gasteiger partial charge in [-0.1, -0.05) is 118 Å². The van der Waals surface area contributed by atoms with E-state index >= 15 is 0 Å². The van der Waals surface area contributed by atoms with Crippen LogP contribution < -0.4 is 24.3 Å². The van der Waals surface area contributed by atoms with Crippen LogP contribution in [-0.2, 0) is 82.4 Å². The summed E-state index contributed by atoms with van der Waals surface area (Å²) < 4.78 is 46.3. The van der Waals surface area contributed by atoms with Crippen molar-refractivity contribution < 1.29 is 37.5 Å². The molecule has 0 radical (unpaired) electrons. The maximum atomic E-state index is 13.0. The number of aromatic nitrogens is 8. The van der Waals surface area contributed by atoms with Crippen LogP contribution in [0.3, 0.4) is 0 Å². The summed E-state index contributed by atoms with van der Waals surface area (Å²) in [5, 5.41) is 12.0. The molecule has 26 heteroatoms. The number of carbonyl (C=O) groups is 2. The Morgan fingerprint density at radius 3 is 1.43 bits per heavy atom. The number of piperidine rings is 1. The molecule has 9 heterocycles. The third kappa shape index (κ3) is 18.2. The van der Waals surface area contributed by atoms with Gasteiger partial charge in [-0.25, -0.2) is 28.9 Å². The maximum Gasteiger partial charge on any atom is 0.410 e. The lowest BCUT2D eigenvalue weighted by molar-refractivity contribution is 0.0816. The van der Waals surface area contributed by atoms with E-state index in [0.29, 0.717) is 96.7 Å². The maximum absolute atomic E-state index is 13.0. The lowest BCUT2D eigenvalue weighted by atomic mass is 10.0. The van der Waals surface area contributed by atoms with E-state index in [9.17, 15) is 13.8 Å². The fourth-order valence-corrected chi connectivity index (χ4v) is 15.7. The number of hydrogen-bond acceptors (Lipinski definition) is 19. The second-order valence-electron chi connectivity index (χ2n) is 29.4. The van der Waals surface area contributed by atoms with Crippen LogP contribution in [0.4, 0.5) is 32.6 Å². The number of carbonyl (C=O) groups excluding carboxylic acids is 2. The molecule has 100 heavy (non-hydrogen) atoms. The molecule has 1 unspecified atom stereocenters. The molecule has 1 atom stereocenters. The van der Waals surface area contributed by atoms with Gasteiger partial charge in [0.05, 0.1) is 70.1 Å². The Hall–Kier alpha value is -8.02. The van der Waals surface area contributed by atoms with Crippen molar-refractivity contribution in [2.75, 3.05) is 131 Å². The summed E-state index contributed by atoms with van der Waals surface area (Å²) in [6, 6.07) is 30.8. The SMILES string of the molecule is Cc1ccc2c(cnn2COCC[Si](C)(C)C)c1N1CCc2c(nc(OCCN3CCCCC3)nc2N2CCN(C(=O)OCc3ccccc3)CC2)C1.Cc1ccc2c(cnn2COCC[Si](C)(C)C)c1N1CCc2c(nc(S(C)=O)nc2N2CCN(C(=O)OCc3ccccc3)CC2)C1. The van der Waals surface area contributed by atoms with Gasteiger partial charge in [-0.2, -0.15) is 20.2 Å². The minimum Gasteiger partial charge on any atom is -0.462 e. The molecule has 0 bridgehead atoms. The van der Waals surface area contributed by atoms with E-state index in [1.807, 2.05) is 82.4 Å². The molecule has 5 aliphatic heterocycles. The molecular weight excluding hydrogens is 1320 g/mol. The molecule has 0 aliphatic carbocycles. The Balaban J connectivity index is 0.000000191. The summed E-state index contributed by atoms with van der Waals surface area (Å²) in [6.45, 7) is 32.7. The van der Waals surface area contributed by atoms with Crippen molar-refractivity contribution in [1.82, 2.24) is 54.2 Å². The van der Waals surface area contributed by atoms with Crippen molar-refractivity contribution in [2.24, 2.45) is 0 Å². The molecule has 0 saturated carbocycles. The molecule has 0 N–H and O–H groups in total. The Bertz CT molecular complexity index is 4110. The normalized spacial score (nSPS) is 16.5. The van der Waals surface area contributed by atoms with Crippen LogP contribution in [0.5, 0.6) is 6.01 Å². The lowest BCUT2D eigenvalue weighted by Gasteiger charge is -2.38. The zero-order valence-electron chi connectivity index (χ0n) is 60.1. The third-order valence-electron chi connectivity index (χ3n) is 19.5. The first-order valence-electron chi connectivity index (χ1n) is 35.7. The molecule has 534 valence electrons. The molecule has 23 nitrogen and oxygen atoms in total. The van der Waals surface area contributed by atoms with Crippen LogP contribution in [0.25, 0.3) is 21.8 Å². The van der Waals surface area contributed by atoms with Gasteiger partial charge in [-0.3, -0.25) is 9.11 Å². The number of anilines is 4. The van der Waals surface area contributed by atoms with E-state index < -0.39 is 26.9 Å². The van der Waals surface area contributed by atoms with Crippen LogP contribution >= 0.6 is 0 Å². The summed E-state index contributed by atoms with van der Waals surface area (Å²) >= 11 is 0. The van der Waals surface area contributed by atoms with Gasteiger partial charge in [0, 0.05) is 130 Å². The number of nitrogens with zero attached hydrogens (tertiary/aromatic N) is 15. The Labute approximate surface area is 593 Å². The zero-order valence-corrected chi connectivity index (χ0v) is 62.9. The summed E-state index contributed by atoms with van der Waals surface area (Å²) in [6.07, 6.45) is 10.3. The van der Waals surface area contributed by atoms with Crippen molar-refractivity contribution in [3.05, 3.63) is 142 Å². The van der Waals surface area contributed by atoms with Crippen molar-refractivity contribution in [3.63, 3.8) is 0 Å². The summed E-state index contributed by atoms with van der Waals surface area (Å²) in [7, 11) is -3.67. The number of benzene rings is 4. The van der Waals surface area contributed by atoms with E-state index in [0.717, 1.165) is 138 Å². The summed E-state index contributed by atoms with van der Waals surface area (Å²) in [5.74, 6) is 1.76. The van der Waals surface area contributed by atoms with Gasteiger partial charge in [0.25, 0.3) is 0 Å². The van der Waals surface area contributed by atoms with Crippen LogP contribution in [0, 0.1) is 13.8 Å². The van der Waals surface area contributed by atoms with E-state index in [2.05, 4.69) is 102 Å². The van der Waals surface area contributed by atoms with Crippen LogP contribution in [0.1, 0.15) is 64.0 Å². The fourth-order valence-electron chi connectivity index (χ4n) is 13.7. The number of likely N-dealkylation sites (tertiary alicyclic amines) is 1. The molecule has 8 aromatic rings. The number of ether oxygens (including phenoxy) is 5. The summed E-state index contributed by atoms with van der Waals surface area (Å²) in [5.41, 5.74) is 12.9. The minimum absolute atomic E-state index is 0.252. The second kappa shape index (κ2) is 32.7. The van der Waals surface area contributed by atoms with Crippen molar-refractivity contribution in [2.45, 2.75) is 142 Å². The minimum atomic E-state index is -1.34. The van der Waals surface area contributed by atoms with Gasteiger partial charge in [-0.15, -0.1) is 0 Å². The number of hydrogen-bond donors (Lipinski definition) is 0. The zero-order chi connectivity index (χ0) is 69.9. The molecule has 4 aromatic heterocycles. The van der Waals surface area contributed by atoms with Gasteiger partial charge < -0.3 is 53.1 Å². The topological polar surface area (TPSA) is 207 Å². The first kappa shape index (κ1) is 71.8. The van der Waals surface area contributed by atoms with E-state index in [4.69, 9.17) is 53.8 Å². The molecule has 4 aromatic carbocycles. The highest BCUT2D eigenvalue weighted by atomic mass is 32.2. The average molecular weight is 1420 g/mol. The van der Waals surface area contributed by atoms with E-state index in [1.54, 1.807) is 16.1 Å². The van der Waals surface area contributed by atoms with Crippen LogP contribution in [0.15, 0.2) is 102 Å². The quantitative estimate of drug-likeness (QED) is 0.0331. The summed E-state index contributed by atoms with van der Waals surface area (Å²) in [4.78, 5) is 60.8. The molecule has 3 saturated heterocycles. The Morgan fingerprint density at radius 1 is 0.510 bits per heavy atom. The van der Waals surface area contributed by atoms with Gasteiger partial charge in [0.1, 0.15) is 44.9 Å². The monoisotopic (exact) mass is 1420 g/mol. The molecular formula is C74H101N15O8SSi2. The fraction of sp³-hybridized carbons (Fsp3) is 0.514. The highest BCUT2D eigenvalue weighted by Gasteiger charge is 2.34. The average Bonchev–Trinajstić information content (AvgIpc) is 1.30. The number of fused-ring (bicyclic) bond motifs is 4. The smallest absolute Gasteiger partial charge is 0.410 e. The number of aryl methyl sites for hydroxylation is 2. The number of piperazine rings is 2. The highest BCUT2D eigenvalue weighted by Crippen LogP contribution is 2.39. The van der Waals surface area contributed by atoms with Gasteiger partial charge >= 0.3 is 18.2 Å². The highest BCUT2D eigenvalue weighted by molar-refractivity contribution is 7.84. The first-order valence-corrected chi connectivity index (χ1v) is 44.7. The van der Waals surface area contributed by atoms with Gasteiger partial charge in [0.15, 0.2) is 0 Å². The predicted molar refractivity (Wildman–Crippen MR) is 400 cm³/mol. The van der Waals surface area contributed by atoms with Crippen molar-refractivity contribution in [1.29, 1.82) is 0 Å². The van der Waals surface area contributed by atoms with Crippen molar-refractivity contribution >= 4 is 84.0 Å². The number of amides is 2. The van der Waals surface area contributed by atoms with Gasteiger partial charge in [-0.05, 0) is 99.1 Å². The first-order chi connectivity index (χ1) is 48.3. The molecule has 3 fully saturated rings. The standard InChI is InChI=1S/C40H56N8O4Si.C34H45N7O4SSi/c1-31-13-14-36-34(27-41-48(36)30-50-25-26-53(2,3)4)37(31)47-18-15-33-35(28-47)42-39(51-24-23-44-16-9-6-10-17-44)43-38(33)45-19-21-46(22-20-45)40(49)52-29-32-11-7-5-8-12-32;1-25-11-12-30-28(21-35-41(30)24-44-19-20-47(3,4)5)31(25)40-14-13-27-29(22-40)36-33(46(2)43)37-32(27)38-15-17-39(18-16-38)34(42)45-23-26-9-7-6-8-10-26/h5,7-8,11-14,27H,6,9-10,15-26,28-30H2,1-4H3;6-12,21H,13-20,22-24H2,1-5H3. The van der Waals surface area contributed by atoms with E-state index in [-0.39, 0.29) is 25.4 Å². The van der Waals surface area contributed by atoms with Crippen LogP contribution in [0.2, 0.25) is 51.4 Å². The largest absolute Gasteiger partial charge is 0.462 e. The Kier molecular flexibility index (Phi) is 23.5. The van der Waals surface area contributed by atoms with Crippen molar-refractivity contribution in [3.8, 4) is 6.01 Å². The van der Waals surface area contributed by atoms with Crippen LogP contribution in [-0.4, -0.2) is 198 Å². The Morgan fingerprint density at radius 2 is 0.970 bits per heavy atom. The molecule has 0 spiro atoms. The molecule has 2 amide bonds. The van der Waals surface area contributed by atoms with Gasteiger partial charge in [0.2, 0.25) is 5.16 Å². The predicted octanol–water partition coefficient (Wildman–Crippen LogP) is 11.5. The second-order valence-corrected chi connectivity index (χ2v) is 41.9. The lowest BCUT2D eigenvalue weighted by Crippen LogP contribution is -2.49. The number of rotatable bonds is 23. The van der Waals surface area contributed by atoms with E-state index in [1.165, 1.54) is 41.6 Å². The third-order valence-corrected chi connectivity index (χ3v) is 23.6. The molecule has 13 rings (SSSR count).